The Labute approximate surface area is 107 Å². The molecule has 0 aromatic carbocycles. The average Bonchev–Trinajstić information content (AvgIpc) is 2.39. The molecule has 19 heavy (non-hydrogen) atoms. The van der Waals surface area contributed by atoms with Gasteiger partial charge in [-0.15, -0.1) is 0 Å². The van der Waals surface area contributed by atoms with Crippen molar-refractivity contribution in [2.45, 2.75) is 24.6 Å². The topological polar surface area (TPSA) is 67.3 Å². The molecule has 1 saturated heterocycles. The normalized spacial score (nSPS) is 19.2. The van der Waals surface area contributed by atoms with Gasteiger partial charge in [-0.25, -0.2) is 9.97 Å². The van der Waals surface area contributed by atoms with Crippen molar-refractivity contribution in [3.63, 3.8) is 0 Å². The molecule has 0 bridgehead atoms. The van der Waals surface area contributed by atoms with Crippen molar-refractivity contribution in [1.29, 1.82) is 0 Å². The first-order chi connectivity index (χ1) is 8.95. The van der Waals surface area contributed by atoms with E-state index < -0.39 is 17.4 Å². The molecule has 1 aliphatic heterocycles. The number of aliphatic hydroxyl groups is 1. The maximum Gasteiger partial charge on any atom is 0.433 e. The van der Waals surface area contributed by atoms with E-state index in [9.17, 15) is 18.3 Å². The van der Waals surface area contributed by atoms with E-state index in [2.05, 4.69) is 15.3 Å². The molecular weight excluding hydrogens is 263 g/mol. The predicted molar refractivity (Wildman–Crippen MR) is 60.5 cm³/mol. The Hall–Kier alpha value is -1.41. The molecule has 1 aromatic heterocycles. The number of rotatable bonds is 3. The number of aliphatic hydroxyl groups excluding tert-OH is 1. The van der Waals surface area contributed by atoms with Gasteiger partial charge in [0.15, 0.2) is 0 Å². The molecule has 0 radical (unpaired) electrons. The van der Waals surface area contributed by atoms with Crippen molar-refractivity contribution in [2.75, 3.05) is 25.1 Å². The first kappa shape index (κ1) is 14.0. The maximum absolute atomic E-state index is 12.5. The van der Waals surface area contributed by atoms with Crippen LogP contribution in [0.3, 0.4) is 0 Å². The number of alkyl halides is 3. The number of nitrogens with one attached hydrogen (secondary N) is 1. The molecular formula is C11H14F3N3O2. The number of halogens is 3. The highest BCUT2D eigenvalue weighted by molar-refractivity contribution is 5.31. The molecule has 2 heterocycles. The smallest absolute Gasteiger partial charge is 0.394 e. The molecule has 106 valence electrons. The molecule has 0 unspecified atom stereocenters. The van der Waals surface area contributed by atoms with Gasteiger partial charge in [0.2, 0.25) is 5.95 Å². The predicted octanol–water partition coefficient (Wildman–Crippen LogP) is 1.45. The second-order valence-corrected chi connectivity index (χ2v) is 4.44. The lowest BCUT2D eigenvalue weighted by Gasteiger charge is -2.36. The highest BCUT2D eigenvalue weighted by Gasteiger charge is 2.35. The van der Waals surface area contributed by atoms with Gasteiger partial charge < -0.3 is 15.2 Å². The SMILES string of the molecule is OCC1(Nc2nccc(C(F)(F)F)n2)CCOCC1. The standard InChI is InChI=1S/C11H14F3N3O2/c12-11(13,14)8-1-4-15-9(16-8)17-10(7-18)2-5-19-6-3-10/h1,4,18H,2-3,5-7H2,(H,15,16,17). The van der Waals surface area contributed by atoms with Crippen LogP contribution in [-0.2, 0) is 10.9 Å². The highest BCUT2D eigenvalue weighted by atomic mass is 19.4. The molecule has 0 saturated carbocycles. The molecule has 5 nitrogen and oxygen atoms in total. The number of hydrogen-bond acceptors (Lipinski definition) is 5. The van der Waals surface area contributed by atoms with Crippen LogP contribution in [0.2, 0.25) is 0 Å². The summed E-state index contributed by atoms with van der Waals surface area (Å²) >= 11 is 0. The Morgan fingerprint density at radius 2 is 2.05 bits per heavy atom. The second-order valence-electron chi connectivity index (χ2n) is 4.44. The fourth-order valence-electron chi connectivity index (χ4n) is 1.90. The summed E-state index contributed by atoms with van der Waals surface area (Å²) in [6.07, 6.45) is -2.49. The van der Waals surface area contributed by atoms with Crippen LogP contribution in [0.25, 0.3) is 0 Å². The summed E-state index contributed by atoms with van der Waals surface area (Å²) in [6, 6.07) is 0.806. The van der Waals surface area contributed by atoms with Crippen molar-refractivity contribution in [2.24, 2.45) is 0 Å². The molecule has 1 aromatic rings. The van der Waals surface area contributed by atoms with E-state index in [0.29, 0.717) is 26.1 Å². The van der Waals surface area contributed by atoms with E-state index in [1.54, 1.807) is 0 Å². The van der Waals surface area contributed by atoms with Gasteiger partial charge in [-0.05, 0) is 18.9 Å². The van der Waals surface area contributed by atoms with E-state index >= 15 is 0 Å². The zero-order chi connectivity index (χ0) is 13.9. The summed E-state index contributed by atoms with van der Waals surface area (Å²) in [5.41, 5.74) is -1.73. The molecule has 2 N–H and O–H groups in total. The molecule has 8 heteroatoms. The van der Waals surface area contributed by atoms with E-state index in [4.69, 9.17) is 4.74 Å². The second kappa shape index (κ2) is 5.30. The summed E-state index contributed by atoms with van der Waals surface area (Å²) < 4.78 is 42.8. The molecule has 1 aliphatic rings. The fraction of sp³-hybridized carbons (Fsp3) is 0.636. The van der Waals surface area contributed by atoms with Crippen molar-refractivity contribution >= 4 is 5.95 Å². The summed E-state index contributed by atoms with van der Waals surface area (Å²) in [4.78, 5) is 7.20. The number of nitrogens with zero attached hydrogens (tertiary/aromatic N) is 2. The Bertz CT molecular complexity index is 433. The summed E-state index contributed by atoms with van der Waals surface area (Å²) in [5, 5.41) is 12.2. The molecule has 1 fully saturated rings. The monoisotopic (exact) mass is 277 g/mol. The largest absolute Gasteiger partial charge is 0.433 e. The molecule has 0 aliphatic carbocycles. The molecule has 0 spiro atoms. The first-order valence-electron chi connectivity index (χ1n) is 5.82. The minimum absolute atomic E-state index is 0.134. The van der Waals surface area contributed by atoms with Crippen molar-refractivity contribution in [1.82, 2.24) is 9.97 Å². The minimum Gasteiger partial charge on any atom is -0.394 e. The van der Waals surface area contributed by atoms with Crippen LogP contribution in [0.15, 0.2) is 12.3 Å². The third-order valence-corrected chi connectivity index (χ3v) is 3.08. The van der Waals surface area contributed by atoms with Crippen molar-refractivity contribution in [3.8, 4) is 0 Å². The maximum atomic E-state index is 12.5. The fourth-order valence-corrected chi connectivity index (χ4v) is 1.90. The average molecular weight is 277 g/mol. The van der Waals surface area contributed by atoms with Gasteiger partial charge >= 0.3 is 6.18 Å². The van der Waals surface area contributed by atoms with E-state index in [0.717, 1.165) is 12.3 Å². The van der Waals surface area contributed by atoms with E-state index in [1.165, 1.54) is 0 Å². The molecule has 0 amide bonds. The summed E-state index contributed by atoms with van der Waals surface area (Å²) in [6.45, 7) is 0.662. The van der Waals surface area contributed by atoms with Crippen molar-refractivity contribution < 1.29 is 23.0 Å². The number of ether oxygens (including phenoxy) is 1. The van der Waals surface area contributed by atoms with Gasteiger partial charge in [0.25, 0.3) is 0 Å². The van der Waals surface area contributed by atoms with Crippen molar-refractivity contribution in [3.05, 3.63) is 18.0 Å². The zero-order valence-electron chi connectivity index (χ0n) is 10.1. The van der Waals surface area contributed by atoms with Crippen LogP contribution in [0.4, 0.5) is 19.1 Å². The lowest BCUT2D eigenvalue weighted by atomic mass is 9.91. The first-order valence-corrected chi connectivity index (χ1v) is 5.82. The third kappa shape index (κ3) is 3.32. The number of anilines is 1. The number of hydrogen-bond donors (Lipinski definition) is 2. The van der Waals surface area contributed by atoms with Crippen LogP contribution in [0.5, 0.6) is 0 Å². The Morgan fingerprint density at radius 3 is 2.63 bits per heavy atom. The van der Waals surface area contributed by atoms with Crippen LogP contribution in [0, 0.1) is 0 Å². The van der Waals surface area contributed by atoms with Gasteiger partial charge in [0.05, 0.1) is 12.1 Å². The van der Waals surface area contributed by atoms with E-state index in [-0.39, 0.29) is 12.6 Å². The Kier molecular flexibility index (Phi) is 3.91. The summed E-state index contributed by atoms with van der Waals surface area (Å²) in [5.74, 6) is -0.134. The Balaban J connectivity index is 2.18. The van der Waals surface area contributed by atoms with Crippen LogP contribution < -0.4 is 5.32 Å². The van der Waals surface area contributed by atoms with Crippen LogP contribution in [-0.4, -0.2) is 40.4 Å². The van der Waals surface area contributed by atoms with Gasteiger partial charge in [-0.1, -0.05) is 0 Å². The van der Waals surface area contributed by atoms with Gasteiger partial charge in [0.1, 0.15) is 5.69 Å². The van der Waals surface area contributed by atoms with Gasteiger partial charge in [0, 0.05) is 19.4 Å². The Morgan fingerprint density at radius 1 is 1.37 bits per heavy atom. The van der Waals surface area contributed by atoms with Gasteiger partial charge in [-0.3, -0.25) is 0 Å². The quantitative estimate of drug-likeness (QED) is 0.875. The van der Waals surface area contributed by atoms with Gasteiger partial charge in [-0.2, -0.15) is 13.2 Å². The van der Waals surface area contributed by atoms with Crippen LogP contribution >= 0.6 is 0 Å². The van der Waals surface area contributed by atoms with Crippen LogP contribution in [0.1, 0.15) is 18.5 Å². The van der Waals surface area contributed by atoms with E-state index in [1.807, 2.05) is 0 Å². The molecule has 0 atom stereocenters. The minimum atomic E-state index is -4.51. The third-order valence-electron chi connectivity index (χ3n) is 3.08. The molecule has 2 rings (SSSR count). The lowest BCUT2D eigenvalue weighted by Crippen LogP contribution is -2.47. The zero-order valence-corrected chi connectivity index (χ0v) is 10.1. The highest BCUT2D eigenvalue weighted by Crippen LogP contribution is 2.29. The lowest BCUT2D eigenvalue weighted by molar-refractivity contribution is -0.141. The number of aromatic nitrogens is 2. The summed E-state index contributed by atoms with van der Waals surface area (Å²) in [7, 11) is 0.